The summed E-state index contributed by atoms with van der Waals surface area (Å²) in [6, 6.07) is 16.0. The number of rotatable bonds is 5. The number of amidine groups is 1. The van der Waals surface area contributed by atoms with E-state index in [1.54, 1.807) is 61.7 Å². The SMILES string of the molecule is COC(=O)c1ccc(N=C2S/C(=C/c3ccc(-c4ccc([N+](=O)[O-])cc4)o3)C(=O)N2C)cc1. The molecule has 1 aliphatic rings. The lowest BCUT2D eigenvalue weighted by Gasteiger charge is -2.07. The van der Waals surface area contributed by atoms with E-state index >= 15 is 0 Å². The van der Waals surface area contributed by atoms with Gasteiger partial charge in [-0.15, -0.1) is 0 Å². The van der Waals surface area contributed by atoms with Gasteiger partial charge in [0.1, 0.15) is 11.5 Å². The highest BCUT2D eigenvalue weighted by Crippen LogP contribution is 2.34. The van der Waals surface area contributed by atoms with E-state index in [2.05, 4.69) is 9.73 Å². The highest BCUT2D eigenvalue weighted by atomic mass is 32.2. The summed E-state index contributed by atoms with van der Waals surface area (Å²) in [5, 5.41) is 11.3. The molecule has 2 aromatic carbocycles. The average molecular weight is 463 g/mol. The smallest absolute Gasteiger partial charge is 0.337 e. The second-order valence-corrected chi connectivity index (χ2v) is 7.92. The normalized spacial score (nSPS) is 15.9. The maximum absolute atomic E-state index is 12.7. The van der Waals surface area contributed by atoms with Crippen molar-refractivity contribution >= 4 is 46.3 Å². The van der Waals surface area contributed by atoms with Gasteiger partial charge < -0.3 is 9.15 Å². The molecule has 3 aromatic rings. The van der Waals surface area contributed by atoms with E-state index in [0.29, 0.717) is 38.4 Å². The Balaban J connectivity index is 1.53. The molecule has 1 saturated heterocycles. The molecule has 0 bridgehead atoms. The first-order valence-corrected chi connectivity index (χ1v) is 10.5. The van der Waals surface area contributed by atoms with Crippen molar-refractivity contribution in [2.24, 2.45) is 4.99 Å². The first-order chi connectivity index (χ1) is 15.9. The molecule has 0 unspecified atom stereocenters. The van der Waals surface area contributed by atoms with Crippen LogP contribution in [0, 0.1) is 10.1 Å². The van der Waals surface area contributed by atoms with Gasteiger partial charge in [0.15, 0.2) is 5.17 Å². The number of methoxy groups -OCH3 is 1. The predicted molar refractivity (Wildman–Crippen MR) is 124 cm³/mol. The van der Waals surface area contributed by atoms with Gasteiger partial charge in [-0.3, -0.25) is 19.8 Å². The van der Waals surface area contributed by atoms with Crippen LogP contribution in [-0.2, 0) is 9.53 Å². The van der Waals surface area contributed by atoms with Gasteiger partial charge in [0, 0.05) is 30.8 Å². The number of hydrogen-bond acceptors (Lipinski definition) is 8. The maximum Gasteiger partial charge on any atom is 0.337 e. The fraction of sp³-hybridized carbons (Fsp3) is 0.0870. The number of likely N-dealkylation sites (N-methyl/N-ethyl adjacent to an activating group) is 1. The molecule has 166 valence electrons. The van der Waals surface area contributed by atoms with Crippen LogP contribution >= 0.6 is 11.8 Å². The van der Waals surface area contributed by atoms with Gasteiger partial charge in [0.25, 0.3) is 11.6 Å². The number of ether oxygens (including phenoxy) is 1. The van der Waals surface area contributed by atoms with Gasteiger partial charge in [0.2, 0.25) is 0 Å². The lowest BCUT2D eigenvalue weighted by molar-refractivity contribution is -0.384. The van der Waals surface area contributed by atoms with Crippen LogP contribution in [0.5, 0.6) is 0 Å². The number of non-ortho nitro benzene ring substituents is 1. The van der Waals surface area contributed by atoms with Crippen molar-refractivity contribution in [1.82, 2.24) is 4.90 Å². The van der Waals surface area contributed by atoms with E-state index in [0.717, 1.165) is 0 Å². The summed E-state index contributed by atoms with van der Waals surface area (Å²) in [5.41, 5.74) is 1.68. The van der Waals surface area contributed by atoms with Crippen LogP contribution in [0.3, 0.4) is 0 Å². The van der Waals surface area contributed by atoms with Gasteiger partial charge in [-0.05, 0) is 60.3 Å². The van der Waals surface area contributed by atoms with E-state index in [4.69, 9.17) is 4.42 Å². The molecule has 33 heavy (non-hydrogen) atoms. The van der Waals surface area contributed by atoms with E-state index in [1.165, 1.54) is 35.9 Å². The molecular weight excluding hydrogens is 446 g/mol. The zero-order valence-electron chi connectivity index (χ0n) is 17.6. The van der Waals surface area contributed by atoms with Crippen molar-refractivity contribution in [3.05, 3.63) is 87.0 Å². The van der Waals surface area contributed by atoms with Crippen LogP contribution in [0.2, 0.25) is 0 Å². The fourth-order valence-corrected chi connectivity index (χ4v) is 3.98. The van der Waals surface area contributed by atoms with Crippen molar-refractivity contribution in [2.75, 3.05) is 14.2 Å². The van der Waals surface area contributed by atoms with Crippen molar-refractivity contribution in [3.63, 3.8) is 0 Å². The third-order valence-electron chi connectivity index (χ3n) is 4.78. The summed E-state index contributed by atoms with van der Waals surface area (Å²) in [7, 11) is 2.94. The Labute approximate surface area is 192 Å². The minimum atomic E-state index is -0.464. The van der Waals surface area contributed by atoms with E-state index in [9.17, 15) is 19.7 Å². The monoisotopic (exact) mass is 463 g/mol. The molecule has 0 atom stereocenters. The molecule has 0 radical (unpaired) electrons. The summed E-state index contributed by atoms with van der Waals surface area (Å²) < 4.78 is 10.5. The fourth-order valence-electron chi connectivity index (χ4n) is 3.01. The lowest BCUT2D eigenvalue weighted by atomic mass is 10.1. The number of amides is 1. The molecule has 1 aliphatic heterocycles. The Bertz CT molecular complexity index is 1290. The predicted octanol–water partition coefficient (Wildman–Crippen LogP) is 4.88. The molecular formula is C23H17N3O6S. The van der Waals surface area contributed by atoms with E-state index in [1.807, 2.05) is 0 Å². The second-order valence-electron chi connectivity index (χ2n) is 6.91. The Kier molecular flexibility index (Phi) is 6.09. The summed E-state index contributed by atoms with van der Waals surface area (Å²) in [5.74, 6) is 0.336. The van der Waals surface area contributed by atoms with Crippen LogP contribution in [0.1, 0.15) is 16.1 Å². The van der Waals surface area contributed by atoms with Crippen molar-refractivity contribution in [1.29, 1.82) is 0 Å². The Morgan fingerprint density at radius 2 is 1.82 bits per heavy atom. The highest BCUT2D eigenvalue weighted by Gasteiger charge is 2.30. The van der Waals surface area contributed by atoms with Crippen LogP contribution in [0.4, 0.5) is 11.4 Å². The topological polar surface area (TPSA) is 115 Å². The first kappa shape index (κ1) is 22.0. The van der Waals surface area contributed by atoms with Crippen LogP contribution < -0.4 is 0 Å². The molecule has 9 nitrogen and oxygen atoms in total. The largest absolute Gasteiger partial charge is 0.465 e. The van der Waals surface area contributed by atoms with Crippen molar-refractivity contribution < 1.29 is 23.7 Å². The number of thioether (sulfide) groups is 1. The summed E-state index contributed by atoms with van der Waals surface area (Å²) in [6.07, 6.45) is 1.63. The minimum absolute atomic E-state index is 0.00427. The van der Waals surface area contributed by atoms with Gasteiger partial charge in [-0.2, -0.15) is 0 Å². The lowest BCUT2D eigenvalue weighted by Crippen LogP contribution is -2.23. The Morgan fingerprint density at radius 3 is 2.45 bits per heavy atom. The zero-order valence-corrected chi connectivity index (χ0v) is 18.4. The van der Waals surface area contributed by atoms with Crippen LogP contribution in [0.25, 0.3) is 17.4 Å². The minimum Gasteiger partial charge on any atom is -0.465 e. The molecule has 0 aliphatic carbocycles. The van der Waals surface area contributed by atoms with Gasteiger partial charge >= 0.3 is 5.97 Å². The number of benzene rings is 2. The number of esters is 1. The average Bonchev–Trinajstić information content (AvgIpc) is 3.40. The van der Waals surface area contributed by atoms with Crippen molar-refractivity contribution in [3.8, 4) is 11.3 Å². The van der Waals surface area contributed by atoms with Crippen molar-refractivity contribution in [2.45, 2.75) is 0 Å². The molecule has 0 N–H and O–H groups in total. The van der Waals surface area contributed by atoms with Crippen LogP contribution in [0.15, 0.2) is 75.0 Å². The zero-order chi connectivity index (χ0) is 23.5. The third-order valence-corrected chi connectivity index (χ3v) is 5.84. The summed E-state index contributed by atoms with van der Waals surface area (Å²) in [6.45, 7) is 0. The van der Waals surface area contributed by atoms with E-state index in [-0.39, 0.29) is 11.6 Å². The van der Waals surface area contributed by atoms with Gasteiger partial charge in [0.05, 0.1) is 28.2 Å². The molecule has 1 amide bonds. The van der Waals surface area contributed by atoms with Gasteiger partial charge in [-0.1, -0.05) is 0 Å². The second kappa shape index (κ2) is 9.13. The number of furan rings is 1. The van der Waals surface area contributed by atoms with E-state index < -0.39 is 10.9 Å². The Morgan fingerprint density at radius 1 is 1.12 bits per heavy atom. The number of aliphatic imine (C=N–C) groups is 1. The molecule has 1 aromatic heterocycles. The number of carbonyl (C=O) groups excluding carboxylic acids is 2. The quantitative estimate of drug-likeness (QED) is 0.229. The number of carbonyl (C=O) groups is 2. The number of nitro benzene ring substituents is 1. The third kappa shape index (κ3) is 4.70. The molecule has 1 fully saturated rings. The maximum atomic E-state index is 12.7. The Hall–Kier alpha value is -4.18. The summed E-state index contributed by atoms with van der Waals surface area (Å²) >= 11 is 1.20. The number of nitrogens with zero attached hydrogens (tertiary/aromatic N) is 3. The highest BCUT2D eigenvalue weighted by molar-refractivity contribution is 8.18. The van der Waals surface area contributed by atoms with Gasteiger partial charge in [-0.25, -0.2) is 9.79 Å². The molecule has 0 spiro atoms. The standard InChI is InChI=1S/C23H17N3O6S/c1-25-21(27)20(33-23(25)24-16-7-3-15(4-8-16)22(28)31-2)13-18-11-12-19(32-18)14-5-9-17(10-6-14)26(29)30/h3-13H,1-2H3/b20-13+,24-23?. The molecule has 2 heterocycles. The first-order valence-electron chi connectivity index (χ1n) is 9.65. The number of hydrogen-bond donors (Lipinski definition) is 0. The number of nitro groups is 1. The molecule has 10 heteroatoms. The van der Waals surface area contributed by atoms with Crippen LogP contribution in [-0.4, -0.2) is 41.0 Å². The molecule has 0 saturated carbocycles. The molecule has 4 rings (SSSR count). The summed E-state index contributed by atoms with van der Waals surface area (Å²) in [4.78, 5) is 40.9.